The van der Waals surface area contributed by atoms with E-state index in [0.29, 0.717) is 12.5 Å². The van der Waals surface area contributed by atoms with Crippen LogP contribution in [-0.4, -0.2) is 36.1 Å². The third-order valence-electron chi connectivity index (χ3n) is 2.17. The fourth-order valence-electron chi connectivity index (χ4n) is 1.34. The van der Waals surface area contributed by atoms with Crippen molar-refractivity contribution in [3.8, 4) is 5.75 Å². The molecule has 1 rings (SSSR count). The monoisotopic (exact) mass is 223 g/mol. The lowest BCUT2D eigenvalue weighted by molar-refractivity contribution is 0.0940. The Morgan fingerprint density at radius 2 is 2.31 bits per heavy atom. The average molecular weight is 223 g/mol. The van der Waals surface area contributed by atoms with Gasteiger partial charge in [0.05, 0.1) is 0 Å². The van der Waals surface area contributed by atoms with E-state index in [0.717, 1.165) is 6.54 Å². The van der Waals surface area contributed by atoms with Gasteiger partial charge in [-0.15, -0.1) is 0 Å². The molecule has 5 nitrogen and oxygen atoms in total. The quantitative estimate of drug-likeness (QED) is 0.674. The molecule has 0 bridgehead atoms. The highest BCUT2D eigenvalue weighted by molar-refractivity contribution is 5.94. The highest BCUT2D eigenvalue weighted by atomic mass is 16.3. The van der Waals surface area contributed by atoms with Crippen LogP contribution < -0.4 is 10.6 Å². The molecule has 16 heavy (non-hydrogen) atoms. The highest BCUT2D eigenvalue weighted by Gasteiger charge is 2.12. The van der Waals surface area contributed by atoms with Gasteiger partial charge in [0.1, 0.15) is 5.75 Å². The molecule has 0 saturated heterocycles. The van der Waals surface area contributed by atoms with E-state index in [-0.39, 0.29) is 17.4 Å². The minimum absolute atomic E-state index is 0.0687. The summed E-state index contributed by atoms with van der Waals surface area (Å²) in [6.45, 7) is 3.40. The van der Waals surface area contributed by atoms with E-state index in [1.807, 2.05) is 14.0 Å². The lowest BCUT2D eigenvalue weighted by Crippen LogP contribution is -2.32. The molecule has 0 aliphatic rings. The first-order valence-electron chi connectivity index (χ1n) is 5.22. The maximum atomic E-state index is 11.6. The third-order valence-corrected chi connectivity index (χ3v) is 2.17. The molecule has 1 aromatic heterocycles. The molecule has 3 N–H and O–H groups in total. The molecule has 1 unspecified atom stereocenters. The second kappa shape index (κ2) is 6.07. The van der Waals surface area contributed by atoms with Crippen LogP contribution in [0.2, 0.25) is 0 Å². The number of rotatable bonds is 5. The first kappa shape index (κ1) is 12.4. The van der Waals surface area contributed by atoms with Crippen molar-refractivity contribution >= 4 is 5.91 Å². The Morgan fingerprint density at radius 3 is 2.94 bits per heavy atom. The van der Waals surface area contributed by atoms with Gasteiger partial charge in [0, 0.05) is 12.7 Å². The van der Waals surface area contributed by atoms with Crippen molar-refractivity contribution in [3.63, 3.8) is 0 Å². The SMILES string of the molecule is CNCC(C)CNC(=O)c1ncccc1O. The van der Waals surface area contributed by atoms with Gasteiger partial charge < -0.3 is 15.7 Å². The number of carbonyl (C=O) groups excluding carboxylic acids is 1. The Hall–Kier alpha value is -1.62. The summed E-state index contributed by atoms with van der Waals surface area (Å²) in [4.78, 5) is 15.4. The van der Waals surface area contributed by atoms with Gasteiger partial charge in [0.15, 0.2) is 5.69 Å². The summed E-state index contributed by atoms with van der Waals surface area (Å²) < 4.78 is 0. The van der Waals surface area contributed by atoms with Crippen molar-refractivity contribution in [2.24, 2.45) is 5.92 Å². The molecule has 0 aliphatic carbocycles. The van der Waals surface area contributed by atoms with Crippen LogP contribution in [0.25, 0.3) is 0 Å². The van der Waals surface area contributed by atoms with E-state index < -0.39 is 0 Å². The molecule has 0 spiro atoms. The molecule has 0 aliphatic heterocycles. The van der Waals surface area contributed by atoms with Crippen LogP contribution in [-0.2, 0) is 0 Å². The van der Waals surface area contributed by atoms with Crippen LogP contribution >= 0.6 is 0 Å². The number of aromatic hydroxyl groups is 1. The van der Waals surface area contributed by atoms with Gasteiger partial charge in [-0.1, -0.05) is 6.92 Å². The molecular weight excluding hydrogens is 206 g/mol. The molecule has 5 heteroatoms. The van der Waals surface area contributed by atoms with Gasteiger partial charge in [-0.25, -0.2) is 4.98 Å². The average Bonchev–Trinajstić information content (AvgIpc) is 2.27. The number of hydrogen-bond donors (Lipinski definition) is 3. The van der Waals surface area contributed by atoms with Crippen LogP contribution in [0, 0.1) is 5.92 Å². The summed E-state index contributed by atoms with van der Waals surface area (Å²) in [5.41, 5.74) is 0.0687. The summed E-state index contributed by atoms with van der Waals surface area (Å²) in [7, 11) is 1.86. The Labute approximate surface area is 94.9 Å². The Kier molecular flexibility index (Phi) is 4.72. The summed E-state index contributed by atoms with van der Waals surface area (Å²) >= 11 is 0. The fraction of sp³-hybridized carbons (Fsp3) is 0.455. The van der Waals surface area contributed by atoms with Crippen LogP contribution in [0.4, 0.5) is 0 Å². The second-order valence-electron chi connectivity index (χ2n) is 3.74. The zero-order valence-electron chi connectivity index (χ0n) is 9.53. The predicted molar refractivity (Wildman–Crippen MR) is 61.3 cm³/mol. The van der Waals surface area contributed by atoms with E-state index in [9.17, 15) is 9.90 Å². The third kappa shape index (κ3) is 3.51. The van der Waals surface area contributed by atoms with Gasteiger partial charge in [-0.3, -0.25) is 4.79 Å². The van der Waals surface area contributed by atoms with Gasteiger partial charge >= 0.3 is 0 Å². The number of pyridine rings is 1. The number of amides is 1. The molecule has 0 fully saturated rings. The van der Waals surface area contributed by atoms with Crippen LogP contribution in [0.15, 0.2) is 18.3 Å². The Morgan fingerprint density at radius 1 is 1.56 bits per heavy atom. The minimum atomic E-state index is -0.346. The first-order chi connectivity index (χ1) is 7.65. The zero-order chi connectivity index (χ0) is 12.0. The Balaban J connectivity index is 2.50. The van der Waals surface area contributed by atoms with Gasteiger partial charge in [-0.2, -0.15) is 0 Å². The zero-order valence-corrected chi connectivity index (χ0v) is 9.53. The van der Waals surface area contributed by atoms with Crippen LogP contribution in [0.1, 0.15) is 17.4 Å². The standard InChI is InChI=1S/C11H17N3O2/c1-8(6-12-2)7-14-11(16)10-9(15)4-3-5-13-10/h3-5,8,12,15H,6-7H2,1-2H3,(H,14,16). The molecule has 88 valence electrons. The summed E-state index contributed by atoms with van der Waals surface area (Å²) in [6, 6.07) is 3.02. The molecule has 0 saturated carbocycles. The number of nitrogens with zero attached hydrogens (tertiary/aromatic N) is 1. The van der Waals surface area contributed by atoms with Crippen molar-refractivity contribution in [1.29, 1.82) is 0 Å². The topological polar surface area (TPSA) is 74.2 Å². The lowest BCUT2D eigenvalue weighted by Gasteiger charge is -2.11. The molecular formula is C11H17N3O2. The van der Waals surface area contributed by atoms with Crippen molar-refractivity contribution in [3.05, 3.63) is 24.0 Å². The largest absolute Gasteiger partial charge is 0.505 e. The van der Waals surface area contributed by atoms with E-state index in [1.165, 1.54) is 12.3 Å². The smallest absolute Gasteiger partial charge is 0.273 e. The van der Waals surface area contributed by atoms with E-state index in [1.54, 1.807) is 6.07 Å². The molecule has 1 aromatic rings. The van der Waals surface area contributed by atoms with Gasteiger partial charge in [0.2, 0.25) is 0 Å². The van der Waals surface area contributed by atoms with Crippen LogP contribution in [0.5, 0.6) is 5.75 Å². The molecule has 1 atom stereocenters. The molecule has 0 aromatic carbocycles. The predicted octanol–water partition coefficient (Wildman–Crippen LogP) is 0.372. The van der Waals surface area contributed by atoms with Crippen molar-refractivity contribution in [2.45, 2.75) is 6.92 Å². The lowest BCUT2D eigenvalue weighted by atomic mass is 10.2. The Bertz CT molecular complexity index is 355. The molecule has 1 heterocycles. The van der Waals surface area contributed by atoms with E-state index >= 15 is 0 Å². The summed E-state index contributed by atoms with van der Waals surface area (Å²) in [5, 5.41) is 15.2. The van der Waals surface area contributed by atoms with Crippen molar-refractivity contribution in [1.82, 2.24) is 15.6 Å². The number of nitrogens with one attached hydrogen (secondary N) is 2. The van der Waals surface area contributed by atoms with E-state index in [2.05, 4.69) is 15.6 Å². The van der Waals surface area contributed by atoms with E-state index in [4.69, 9.17) is 0 Å². The normalized spacial score (nSPS) is 12.1. The number of hydrogen-bond acceptors (Lipinski definition) is 4. The van der Waals surface area contributed by atoms with Crippen molar-refractivity contribution < 1.29 is 9.90 Å². The second-order valence-corrected chi connectivity index (χ2v) is 3.74. The minimum Gasteiger partial charge on any atom is -0.505 e. The highest BCUT2D eigenvalue weighted by Crippen LogP contribution is 2.11. The maximum Gasteiger partial charge on any atom is 0.273 e. The number of carbonyl (C=O) groups is 1. The van der Waals surface area contributed by atoms with Gasteiger partial charge in [-0.05, 0) is 31.6 Å². The van der Waals surface area contributed by atoms with Crippen molar-refractivity contribution in [2.75, 3.05) is 20.1 Å². The van der Waals surface area contributed by atoms with Crippen LogP contribution in [0.3, 0.4) is 0 Å². The first-order valence-corrected chi connectivity index (χ1v) is 5.22. The number of aromatic nitrogens is 1. The molecule has 0 radical (unpaired) electrons. The molecule has 1 amide bonds. The summed E-state index contributed by atoms with van der Waals surface area (Å²) in [6.07, 6.45) is 1.48. The fourth-order valence-corrected chi connectivity index (χ4v) is 1.34. The maximum absolute atomic E-state index is 11.6. The van der Waals surface area contributed by atoms with Gasteiger partial charge in [0.25, 0.3) is 5.91 Å². The summed E-state index contributed by atoms with van der Waals surface area (Å²) in [5.74, 6) is -0.109.